The van der Waals surface area contributed by atoms with Gasteiger partial charge < -0.3 is 10.4 Å². The summed E-state index contributed by atoms with van der Waals surface area (Å²) in [6.07, 6.45) is 3.56. The van der Waals surface area contributed by atoms with Crippen molar-refractivity contribution in [1.82, 2.24) is 9.55 Å². The molecule has 0 aliphatic rings. The summed E-state index contributed by atoms with van der Waals surface area (Å²) in [6, 6.07) is 10.3. The molecule has 6 nitrogen and oxygen atoms in total. The van der Waals surface area contributed by atoms with E-state index in [9.17, 15) is 9.59 Å². The van der Waals surface area contributed by atoms with Crippen molar-refractivity contribution in [3.8, 4) is 0 Å². The van der Waals surface area contributed by atoms with E-state index in [1.165, 1.54) is 27.4 Å². The van der Waals surface area contributed by atoms with Crippen LogP contribution in [0.5, 0.6) is 0 Å². The Bertz CT molecular complexity index is 868. The summed E-state index contributed by atoms with van der Waals surface area (Å²) in [4.78, 5) is 28.0. The van der Waals surface area contributed by atoms with Crippen LogP contribution in [0.3, 0.4) is 0 Å². The average Bonchev–Trinajstić information content (AvgIpc) is 2.93. The maximum absolute atomic E-state index is 12.1. The summed E-state index contributed by atoms with van der Waals surface area (Å²) in [6.45, 7) is 0.193. The second-order valence-electron chi connectivity index (χ2n) is 5.03. The van der Waals surface area contributed by atoms with Crippen molar-refractivity contribution < 1.29 is 9.90 Å². The van der Waals surface area contributed by atoms with E-state index in [1.54, 1.807) is 11.3 Å². The Morgan fingerprint density at radius 2 is 2.17 bits per heavy atom. The number of rotatable bonds is 6. The van der Waals surface area contributed by atoms with Gasteiger partial charge in [0.25, 0.3) is 5.56 Å². The van der Waals surface area contributed by atoms with Crippen LogP contribution >= 0.6 is 11.3 Å². The number of hydrogen-bond donors (Lipinski definition) is 2. The van der Waals surface area contributed by atoms with Gasteiger partial charge in [-0.1, -0.05) is 18.2 Å². The minimum Gasteiger partial charge on any atom is -0.480 e. The fourth-order valence-electron chi connectivity index (χ4n) is 2.30. The average molecular weight is 329 g/mol. The van der Waals surface area contributed by atoms with Gasteiger partial charge >= 0.3 is 5.97 Å². The van der Waals surface area contributed by atoms with Crippen LogP contribution < -0.4 is 10.9 Å². The highest BCUT2D eigenvalue weighted by molar-refractivity contribution is 7.19. The summed E-state index contributed by atoms with van der Waals surface area (Å²) >= 11 is 1.73. The van der Waals surface area contributed by atoms with Crippen LogP contribution in [0, 0.1) is 0 Å². The molecule has 0 fully saturated rings. The predicted octanol–water partition coefficient (Wildman–Crippen LogP) is 2.20. The highest BCUT2D eigenvalue weighted by Crippen LogP contribution is 2.25. The lowest BCUT2D eigenvalue weighted by atomic mass is 10.2. The van der Waals surface area contributed by atoms with Crippen molar-refractivity contribution in [2.24, 2.45) is 0 Å². The van der Waals surface area contributed by atoms with Crippen LogP contribution in [0.1, 0.15) is 4.88 Å². The van der Waals surface area contributed by atoms with Crippen molar-refractivity contribution in [1.29, 1.82) is 0 Å². The number of thiophene rings is 1. The second-order valence-corrected chi connectivity index (χ2v) is 6.20. The maximum Gasteiger partial charge on any atom is 0.323 e. The first-order valence-electron chi connectivity index (χ1n) is 7.12. The molecule has 0 saturated heterocycles. The third kappa shape index (κ3) is 3.57. The van der Waals surface area contributed by atoms with Crippen molar-refractivity contribution in [3.63, 3.8) is 0 Å². The molecule has 118 valence electrons. The molecule has 3 rings (SSSR count). The lowest BCUT2D eigenvalue weighted by Gasteiger charge is -2.06. The van der Waals surface area contributed by atoms with Gasteiger partial charge in [0, 0.05) is 28.5 Å². The quantitative estimate of drug-likeness (QED) is 0.724. The van der Waals surface area contributed by atoms with Crippen molar-refractivity contribution in [3.05, 3.63) is 58.0 Å². The van der Waals surface area contributed by atoms with Gasteiger partial charge in [-0.05, 0) is 23.9 Å². The number of nitrogens with zero attached hydrogens (tertiary/aromatic N) is 2. The van der Waals surface area contributed by atoms with E-state index in [0.717, 1.165) is 11.0 Å². The van der Waals surface area contributed by atoms with E-state index in [4.69, 9.17) is 5.11 Å². The van der Waals surface area contributed by atoms with Crippen molar-refractivity contribution >= 4 is 33.2 Å². The standard InChI is InChI=1S/C16H15N3O3S/c20-14(21)10-19-8-7-18-15(16(19)22)17-6-5-12-9-11-3-1-2-4-13(11)23-12/h1-4,7-9H,5-6,10H2,(H,17,18)(H,20,21). The zero-order valence-corrected chi connectivity index (χ0v) is 13.0. The number of carbonyl (C=O) groups is 1. The molecule has 1 aromatic carbocycles. The Labute approximate surface area is 136 Å². The fourth-order valence-corrected chi connectivity index (χ4v) is 3.37. The number of carboxylic acids is 1. The minimum atomic E-state index is -1.06. The lowest BCUT2D eigenvalue weighted by Crippen LogP contribution is -2.27. The van der Waals surface area contributed by atoms with Gasteiger partial charge in [-0.3, -0.25) is 14.2 Å². The van der Waals surface area contributed by atoms with Gasteiger partial charge in [0.2, 0.25) is 0 Å². The number of aromatic nitrogens is 2. The molecule has 2 heterocycles. The second kappa shape index (κ2) is 6.62. The van der Waals surface area contributed by atoms with E-state index in [2.05, 4.69) is 28.5 Å². The molecular weight excluding hydrogens is 314 g/mol. The van der Waals surface area contributed by atoms with Gasteiger partial charge in [0.05, 0.1) is 0 Å². The molecule has 0 amide bonds. The van der Waals surface area contributed by atoms with E-state index in [-0.39, 0.29) is 12.4 Å². The van der Waals surface area contributed by atoms with Gasteiger partial charge in [-0.2, -0.15) is 0 Å². The maximum atomic E-state index is 12.1. The van der Waals surface area contributed by atoms with Crippen LogP contribution in [0.25, 0.3) is 10.1 Å². The molecule has 0 aliphatic heterocycles. The van der Waals surface area contributed by atoms with Gasteiger partial charge in [0.1, 0.15) is 6.54 Å². The summed E-state index contributed by atoms with van der Waals surface area (Å²) in [5.74, 6) is -0.885. The van der Waals surface area contributed by atoms with Gasteiger partial charge in [-0.15, -0.1) is 11.3 Å². The first-order valence-corrected chi connectivity index (χ1v) is 7.94. The molecule has 0 spiro atoms. The molecule has 0 saturated carbocycles. The van der Waals surface area contributed by atoms with Crippen LogP contribution in [0.2, 0.25) is 0 Å². The number of nitrogens with one attached hydrogen (secondary N) is 1. The number of hydrogen-bond acceptors (Lipinski definition) is 5. The topological polar surface area (TPSA) is 84.2 Å². The molecule has 0 bridgehead atoms. The molecule has 3 aromatic rings. The monoisotopic (exact) mass is 329 g/mol. The van der Waals surface area contributed by atoms with E-state index in [0.29, 0.717) is 6.54 Å². The lowest BCUT2D eigenvalue weighted by molar-refractivity contribution is -0.137. The molecular formula is C16H15N3O3S. The number of carboxylic acid groups (broad SMARTS) is 1. The summed E-state index contributed by atoms with van der Waals surface area (Å²) in [7, 11) is 0. The molecule has 2 N–H and O–H groups in total. The largest absolute Gasteiger partial charge is 0.480 e. The molecule has 0 aliphatic carbocycles. The molecule has 0 atom stereocenters. The highest BCUT2D eigenvalue weighted by Gasteiger charge is 2.07. The van der Waals surface area contributed by atoms with Gasteiger partial charge in [0.15, 0.2) is 5.82 Å². The smallest absolute Gasteiger partial charge is 0.323 e. The Morgan fingerprint density at radius 3 is 2.96 bits per heavy atom. The number of fused-ring (bicyclic) bond motifs is 1. The first-order chi connectivity index (χ1) is 11.1. The summed E-state index contributed by atoms with van der Waals surface area (Å²) in [5, 5.41) is 13.0. The van der Waals surface area contributed by atoms with Crippen LogP contribution in [-0.4, -0.2) is 27.2 Å². The number of benzene rings is 1. The zero-order chi connectivity index (χ0) is 16.2. The van der Waals surface area contributed by atoms with Crippen LogP contribution in [0.4, 0.5) is 5.82 Å². The third-order valence-electron chi connectivity index (χ3n) is 3.36. The molecule has 23 heavy (non-hydrogen) atoms. The first kappa shape index (κ1) is 15.2. The Kier molecular flexibility index (Phi) is 4.38. The van der Waals surface area contributed by atoms with E-state index in [1.807, 2.05) is 12.1 Å². The van der Waals surface area contributed by atoms with E-state index >= 15 is 0 Å². The van der Waals surface area contributed by atoms with Crippen molar-refractivity contribution in [2.45, 2.75) is 13.0 Å². The Hall–Kier alpha value is -2.67. The van der Waals surface area contributed by atoms with Crippen LogP contribution in [0.15, 0.2) is 47.5 Å². The predicted molar refractivity (Wildman–Crippen MR) is 90.2 cm³/mol. The number of aliphatic carboxylic acids is 1. The summed E-state index contributed by atoms with van der Waals surface area (Å²) < 4.78 is 2.36. The Balaban J connectivity index is 1.66. The normalized spacial score (nSPS) is 10.8. The SMILES string of the molecule is O=C(O)Cn1ccnc(NCCc2cc3ccccc3s2)c1=O. The zero-order valence-electron chi connectivity index (χ0n) is 12.2. The fraction of sp³-hybridized carbons (Fsp3) is 0.188. The van der Waals surface area contributed by atoms with Crippen molar-refractivity contribution in [2.75, 3.05) is 11.9 Å². The summed E-state index contributed by atoms with van der Waals surface area (Å²) in [5.41, 5.74) is -0.425. The van der Waals surface area contributed by atoms with Gasteiger partial charge in [-0.25, -0.2) is 4.98 Å². The number of anilines is 1. The molecule has 7 heteroatoms. The highest BCUT2D eigenvalue weighted by atomic mass is 32.1. The van der Waals surface area contributed by atoms with E-state index < -0.39 is 11.5 Å². The molecule has 0 unspecified atom stereocenters. The molecule has 0 radical (unpaired) electrons. The van der Waals surface area contributed by atoms with Crippen LogP contribution in [-0.2, 0) is 17.8 Å². The Morgan fingerprint density at radius 1 is 1.35 bits per heavy atom. The minimum absolute atomic E-state index is 0.176. The molecule has 2 aromatic heterocycles. The third-order valence-corrected chi connectivity index (χ3v) is 4.54.